The SMILES string of the molecule is N#Cc1ccc(N2C(=O)C3(CCCC3)NC2S)cc1C(F)(F)F. The molecule has 1 aliphatic heterocycles. The monoisotopic (exact) mass is 341 g/mol. The van der Waals surface area contributed by atoms with Crippen molar-refractivity contribution in [3.05, 3.63) is 29.3 Å². The van der Waals surface area contributed by atoms with E-state index in [9.17, 15) is 18.0 Å². The van der Waals surface area contributed by atoms with Crippen LogP contribution in [0.15, 0.2) is 18.2 Å². The quantitative estimate of drug-likeness (QED) is 0.772. The Morgan fingerprint density at radius 2 is 2.00 bits per heavy atom. The second-order valence-corrected chi connectivity index (χ2v) is 6.31. The summed E-state index contributed by atoms with van der Waals surface area (Å²) >= 11 is 4.31. The average molecular weight is 341 g/mol. The number of alkyl halides is 3. The molecule has 1 saturated heterocycles. The predicted molar refractivity (Wildman–Crippen MR) is 80.8 cm³/mol. The van der Waals surface area contributed by atoms with Gasteiger partial charge in [0.15, 0.2) is 0 Å². The van der Waals surface area contributed by atoms with E-state index in [0.717, 1.165) is 25.0 Å². The van der Waals surface area contributed by atoms with Crippen molar-refractivity contribution in [1.82, 2.24) is 5.32 Å². The van der Waals surface area contributed by atoms with E-state index in [1.54, 1.807) is 0 Å². The average Bonchev–Trinajstić information content (AvgIpc) is 3.04. The Hall–Kier alpha value is -1.72. The zero-order chi connectivity index (χ0) is 16.8. The van der Waals surface area contributed by atoms with E-state index in [2.05, 4.69) is 17.9 Å². The molecule has 1 N–H and O–H groups in total. The van der Waals surface area contributed by atoms with Crippen LogP contribution in [0.2, 0.25) is 0 Å². The molecule has 1 aliphatic carbocycles. The van der Waals surface area contributed by atoms with E-state index in [4.69, 9.17) is 5.26 Å². The maximum atomic E-state index is 13.1. The Morgan fingerprint density at radius 1 is 1.35 bits per heavy atom. The van der Waals surface area contributed by atoms with Crippen LogP contribution >= 0.6 is 12.6 Å². The Morgan fingerprint density at radius 3 is 2.57 bits per heavy atom. The van der Waals surface area contributed by atoms with Gasteiger partial charge in [-0.25, -0.2) is 0 Å². The molecule has 122 valence electrons. The van der Waals surface area contributed by atoms with Gasteiger partial charge in [-0.05, 0) is 31.0 Å². The summed E-state index contributed by atoms with van der Waals surface area (Å²) in [7, 11) is 0. The number of hydrogen-bond acceptors (Lipinski definition) is 4. The molecular weight excluding hydrogens is 327 g/mol. The van der Waals surface area contributed by atoms with Gasteiger partial charge in [0, 0.05) is 5.69 Å². The van der Waals surface area contributed by atoms with Crippen molar-refractivity contribution < 1.29 is 18.0 Å². The van der Waals surface area contributed by atoms with Crippen LogP contribution in [0.4, 0.5) is 18.9 Å². The Kier molecular flexibility index (Phi) is 3.81. The summed E-state index contributed by atoms with van der Waals surface area (Å²) in [5.41, 5.74) is -2.82. The predicted octanol–water partition coefficient (Wildman–Crippen LogP) is 3.04. The molecule has 3 rings (SSSR count). The fraction of sp³-hybridized carbons (Fsp3) is 0.467. The first-order valence-electron chi connectivity index (χ1n) is 7.19. The minimum absolute atomic E-state index is 0.0950. The number of thiol groups is 1. The Bertz CT molecular complexity index is 692. The molecule has 1 aromatic rings. The minimum Gasteiger partial charge on any atom is -0.286 e. The largest absolute Gasteiger partial charge is 0.417 e. The molecule has 0 radical (unpaired) electrons. The molecule has 8 heteroatoms. The first-order chi connectivity index (χ1) is 10.8. The molecule has 4 nitrogen and oxygen atoms in total. The number of nitriles is 1. The van der Waals surface area contributed by atoms with E-state index < -0.39 is 28.3 Å². The van der Waals surface area contributed by atoms with Gasteiger partial charge in [-0.1, -0.05) is 12.8 Å². The summed E-state index contributed by atoms with van der Waals surface area (Å²) in [4.78, 5) is 14.0. The number of amides is 1. The van der Waals surface area contributed by atoms with Crippen LogP contribution in [-0.2, 0) is 11.0 Å². The van der Waals surface area contributed by atoms with E-state index >= 15 is 0 Å². The van der Waals surface area contributed by atoms with E-state index in [0.29, 0.717) is 12.8 Å². The molecule has 1 aromatic carbocycles. The van der Waals surface area contributed by atoms with Crippen LogP contribution in [0.5, 0.6) is 0 Å². The number of nitrogens with zero attached hydrogens (tertiary/aromatic N) is 2. The van der Waals surface area contributed by atoms with Crippen LogP contribution in [-0.4, -0.2) is 16.9 Å². The zero-order valence-corrected chi connectivity index (χ0v) is 12.9. The Labute approximate surface area is 136 Å². The molecule has 23 heavy (non-hydrogen) atoms. The van der Waals surface area contributed by atoms with Crippen molar-refractivity contribution in [1.29, 1.82) is 5.26 Å². The molecule has 2 fully saturated rings. The second-order valence-electron chi connectivity index (χ2n) is 5.82. The zero-order valence-electron chi connectivity index (χ0n) is 12.0. The number of carbonyl (C=O) groups excluding carboxylic acids is 1. The molecule has 1 heterocycles. The fourth-order valence-corrected chi connectivity index (χ4v) is 3.81. The lowest BCUT2D eigenvalue weighted by molar-refractivity contribution is -0.137. The van der Waals surface area contributed by atoms with Gasteiger partial charge in [-0.3, -0.25) is 15.0 Å². The van der Waals surface area contributed by atoms with Crippen molar-refractivity contribution in [3.63, 3.8) is 0 Å². The number of anilines is 1. The lowest BCUT2D eigenvalue weighted by atomic mass is 9.97. The molecule has 0 bridgehead atoms. The third-order valence-electron chi connectivity index (χ3n) is 4.44. The highest BCUT2D eigenvalue weighted by Gasteiger charge is 2.52. The number of hydrogen-bond donors (Lipinski definition) is 2. The highest BCUT2D eigenvalue weighted by Crippen LogP contribution is 2.41. The van der Waals surface area contributed by atoms with Gasteiger partial charge in [0.1, 0.15) is 11.0 Å². The normalized spacial score (nSPS) is 23.5. The van der Waals surface area contributed by atoms with Gasteiger partial charge in [-0.15, -0.1) is 12.6 Å². The smallest absolute Gasteiger partial charge is 0.286 e. The second kappa shape index (κ2) is 5.42. The van der Waals surface area contributed by atoms with Crippen LogP contribution in [0.3, 0.4) is 0 Å². The van der Waals surface area contributed by atoms with Gasteiger partial charge in [-0.2, -0.15) is 18.4 Å². The lowest BCUT2D eigenvalue weighted by Gasteiger charge is -2.23. The molecule has 1 atom stereocenters. The van der Waals surface area contributed by atoms with Gasteiger partial charge in [0.25, 0.3) is 0 Å². The van der Waals surface area contributed by atoms with Crippen LogP contribution in [0.1, 0.15) is 36.8 Å². The number of nitrogens with one attached hydrogen (secondary N) is 1. The van der Waals surface area contributed by atoms with Gasteiger partial charge in [0.2, 0.25) is 5.91 Å². The van der Waals surface area contributed by atoms with E-state index in [1.165, 1.54) is 17.0 Å². The van der Waals surface area contributed by atoms with Gasteiger partial charge < -0.3 is 0 Å². The molecule has 1 spiro atoms. The molecular formula is C15H14F3N3OS. The molecule has 1 amide bonds. The summed E-state index contributed by atoms with van der Waals surface area (Å²) in [5, 5.41) is 12.0. The van der Waals surface area contributed by atoms with Crippen molar-refractivity contribution >= 4 is 24.2 Å². The van der Waals surface area contributed by atoms with Crippen molar-refractivity contribution in [2.45, 2.75) is 42.9 Å². The van der Waals surface area contributed by atoms with Gasteiger partial charge >= 0.3 is 6.18 Å². The minimum atomic E-state index is -4.66. The molecule has 1 unspecified atom stereocenters. The van der Waals surface area contributed by atoms with Crippen molar-refractivity contribution in [2.24, 2.45) is 0 Å². The first-order valence-corrected chi connectivity index (χ1v) is 7.71. The third-order valence-corrected chi connectivity index (χ3v) is 4.80. The lowest BCUT2D eigenvalue weighted by Crippen LogP contribution is -2.44. The van der Waals surface area contributed by atoms with Crippen LogP contribution < -0.4 is 10.2 Å². The van der Waals surface area contributed by atoms with E-state index in [-0.39, 0.29) is 11.6 Å². The number of halogens is 3. The van der Waals surface area contributed by atoms with Crippen LogP contribution in [0, 0.1) is 11.3 Å². The van der Waals surface area contributed by atoms with Crippen molar-refractivity contribution in [3.8, 4) is 6.07 Å². The van der Waals surface area contributed by atoms with E-state index in [1.807, 2.05) is 0 Å². The highest BCUT2D eigenvalue weighted by atomic mass is 32.1. The number of benzene rings is 1. The number of carbonyl (C=O) groups is 1. The first kappa shape index (κ1) is 16.1. The summed E-state index contributed by atoms with van der Waals surface area (Å²) in [6, 6.07) is 4.82. The summed E-state index contributed by atoms with van der Waals surface area (Å²) in [5.74, 6) is -0.257. The fourth-order valence-electron chi connectivity index (χ4n) is 3.32. The van der Waals surface area contributed by atoms with Crippen molar-refractivity contribution in [2.75, 3.05) is 4.90 Å². The summed E-state index contributed by atoms with van der Waals surface area (Å²) in [6.45, 7) is 0. The van der Waals surface area contributed by atoms with Crippen LogP contribution in [0.25, 0.3) is 0 Å². The summed E-state index contributed by atoms with van der Waals surface area (Å²) in [6.07, 6.45) is -1.56. The van der Waals surface area contributed by atoms with Gasteiger partial charge in [0.05, 0.1) is 17.2 Å². The maximum absolute atomic E-state index is 13.1. The number of rotatable bonds is 1. The molecule has 0 aromatic heterocycles. The Balaban J connectivity index is 2.02. The summed E-state index contributed by atoms with van der Waals surface area (Å²) < 4.78 is 39.3. The molecule has 2 aliphatic rings. The topological polar surface area (TPSA) is 56.1 Å². The standard InChI is InChI=1S/C15H14F3N3OS/c16-15(17,18)11-7-10(4-3-9(11)8-19)21-12(22)14(20-13(21)23)5-1-2-6-14/h3-4,7,13,20,23H,1-2,5-6H2. The highest BCUT2D eigenvalue weighted by molar-refractivity contribution is 7.81. The molecule has 1 saturated carbocycles. The maximum Gasteiger partial charge on any atom is 0.417 e. The third kappa shape index (κ3) is 2.58.